The minimum absolute atomic E-state index is 0.0853. The van der Waals surface area contributed by atoms with Crippen molar-refractivity contribution in [1.82, 2.24) is 0 Å². The number of ether oxygens (including phenoxy) is 2. The van der Waals surface area contributed by atoms with Crippen LogP contribution in [0, 0.1) is 0 Å². The number of alkyl halides is 1. The van der Waals surface area contributed by atoms with Crippen molar-refractivity contribution in [2.75, 3.05) is 6.61 Å². The Morgan fingerprint density at radius 1 is 1.32 bits per heavy atom. The van der Waals surface area contributed by atoms with E-state index in [9.17, 15) is 4.79 Å². The van der Waals surface area contributed by atoms with Crippen LogP contribution < -0.4 is 0 Å². The number of carbonyl (C=O) groups excluding carboxylic acids is 1. The van der Waals surface area contributed by atoms with Crippen molar-refractivity contribution in [3.63, 3.8) is 0 Å². The topological polar surface area (TPSA) is 35.5 Å². The first-order valence-corrected chi connectivity index (χ1v) is 7.48. The molecule has 0 radical (unpaired) electrons. The summed E-state index contributed by atoms with van der Waals surface area (Å²) in [6.45, 7) is 4.70. The smallest absolute Gasteiger partial charge is 0.302 e. The molecule has 0 saturated heterocycles. The molecule has 2 atom stereocenters. The minimum Gasteiger partial charge on any atom is -0.461 e. The van der Waals surface area contributed by atoms with Gasteiger partial charge in [-0.25, -0.2) is 0 Å². The number of halogens is 1. The molecule has 1 rings (SSSR count). The zero-order chi connectivity index (χ0) is 14.1. The van der Waals surface area contributed by atoms with Gasteiger partial charge in [0.1, 0.15) is 6.10 Å². The van der Waals surface area contributed by atoms with E-state index in [1.54, 1.807) is 0 Å². The molecule has 0 N–H and O–H groups in total. The fourth-order valence-electron chi connectivity index (χ4n) is 1.77. The lowest BCUT2D eigenvalue weighted by Gasteiger charge is -2.20. The van der Waals surface area contributed by atoms with E-state index in [0.717, 1.165) is 12.8 Å². The van der Waals surface area contributed by atoms with Crippen molar-refractivity contribution < 1.29 is 14.3 Å². The summed E-state index contributed by atoms with van der Waals surface area (Å²) in [7, 11) is 0. The summed E-state index contributed by atoms with van der Waals surface area (Å²) >= 11 is 3.56. The third-order valence-electron chi connectivity index (χ3n) is 2.77. The molecule has 3 nitrogen and oxygen atoms in total. The third-order valence-corrected chi connectivity index (χ3v) is 3.82. The van der Waals surface area contributed by atoms with Gasteiger partial charge in [-0.05, 0) is 18.4 Å². The number of benzene rings is 1. The maximum atomic E-state index is 11.0. The molecule has 0 aromatic heterocycles. The van der Waals surface area contributed by atoms with Crippen molar-refractivity contribution in [2.45, 2.75) is 44.2 Å². The molecule has 0 aliphatic carbocycles. The SMILES string of the molecule is CC[C@@H](OC(C)=O)[C@H](Br)CCOCc1ccccc1. The molecule has 0 unspecified atom stereocenters. The Hall–Kier alpha value is -0.870. The van der Waals surface area contributed by atoms with E-state index in [1.807, 2.05) is 37.3 Å². The van der Waals surface area contributed by atoms with Gasteiger partial charge < -0.3 is 9.47 Å². The second-order valence-electron chi connectivity index (χ2n) is 4.40. The normalized spacial score (nSPS) is 13.8. The number of rotatable bonds is 8. The van der Waals surface area contributed by atoms with Gasteiger partial charge >= 0.3 is 5.97 Å². The van der Waals surface area contributed by atoms with Gasteiger partial charge in [0.25, 0.3) is 0 Å². The lowest BCUT2D eigenvalue weighted by molar-refractivity contribution is -0.146. The Labute approximate surface area is 123 Å². The maximum Gasteiger partial charge on any atom is 0.302 e. The molecule has 1 aromatic rings. The van der Waals surface area contributed by atoms with Gasteiger partial charge in [-0.15, -0.1) is 0 Å². The predicted molar refractivity (Wildman–Crippen MR) is 79.3 cm³/mol. The molecule has 0 aliphatic heterocycles. The second kappa shape index (κ2) is 9.10. The van der Waals surface area contributed by atoms with Gasteiger partial charge in [-0.3, -0.25) is 4.79 Å². The molecule has 0 saturated carbocycles. The van der Waals surface area contributed by atoms with Gasteiger partial charge in [0.15, 0.2) is 0 Å². The van der Waals surface area contributed by atoms with E-state index in [1.165, 1.54) is 12.5 Å². The van der Waals surface area contributed by atoms with Crippen molar-refractivity contribution >= 4 is 21.9 Å². The fraction of sp³-hybridized carbons (Fsp3) is 0.533. The van der Waals surface area contributed by atoms with Crippen molar-refractivity contribution in [1.29, 1.82) is 0 Å². The summed E-state index contributed by atoms with van der Waals surface area (Å²) in [4.78, 5) is 11.1. The van der Waals surface area contributed by atoms with E-state index < -0.39 is 0 Å². The minimum atomic E-state index is -0.235. The number of carbonyl (C=O) groups is 1. The summed E-state index contributed by atoms with van der Waals surface area (Å²) in [6, 6.07) is 10.1. The van der Waals surface area contributed by atoms with Crippen molar-refractivity contribution in [3.8, 4) is 0 Å². The zero-order valence-corrected chi connectivity index (χ0v) is 13.1. The third kappa shape index (κ3) is 6.73. The molecule has 0 heterocycles. The van der Waals surface area contributed by atoms with Crippen LogP contribution in [0.15, 0.2) is 30.3 Å². The summed E-state index contributed by atoms with van der Waals surface area (Å²) in [6.07, 6.45) is 1.53. The first-order chi connectivity index (χ1) is 9.13. The van der Waals surface area contributed by atoms with Crippen LogP contribution in [0.3, 0.4) is 0 Å². The number of hydrogen-bond donors (Lipinski definition) is 0. The molecule has 1 aromatic carbocycles. The molecule has 0 bridgehead atoms. The molecule has 0 spiro atoms. The quantitative estimate of drug-likeness (QED) is 0.414. The second-order valence-corrected chi connectivity index (χ2v) is 5.58. The highest BCUT2D eigenvalue weighted by Gasteiger charge is 2.19. The molecule has 0 aliphatic rings. The maximum absolute atomic E-state index is 11.0. The molecule has 0 amide bonds. The number of esters is 1. The molecule has 106 valence electrons. The van der Waals surface area contributed by atoms with Gasteiger partial charge in [0.2, 0.25) is 0 Å². The van der Waals surface area contributed by atoms with Crippen LogP contribution in [-0.4, -0.2) is 23.5 Å². The zero-order valence-electron chi connectivity index (χ0n) is 11.5. The van der Waals surface area contributed by atoms with Gasteiger partial charge in [0, 0.05) is 13.5 Å². The molecular formula is C15H21BrO3. The summed E-state index contributed by atoms with van der Waals surface area (Å²) in [5.74, 6) is -0.235. The van der Waals surface area contributed by atoms with Crippen LogP contribution in [0.5, 0.6) is 0 Å². The van der Waals surface area contributed by atoms with Crippen molar-refractivity contribution in [2.24, 2.45) is 0 Å². The Morgan fingerprint density at radius 2 is 2.00 bits per heavy atom. The first-order valence-electron chi connectivity index (χ1n) is 6.56. The Balaban J connectivity index is 2.22. The average molecular weight is 329 g/mol. The van der Waals surface area contributed by atoms with E-state index in [2.05, 4.69) is 15.9 Å². The van der Waals surface area contributed by atoms with Crippen LogP contribution in [0.4, 0.5) is 0 Å². The summed E-state index contributed by atoms with van der Waals surface area (Å²) in [5.41, 5.74) is 1.17. The van der Waals surface area contributed by atoms with Crippen LogP contribution in [0.1, 0.15) is 32.3 Å². The largest absolute Gasteiger partial charge is 0.461 e. The van der Waals surface area contributed by atoms with Crippen LogP contribution in [0.2, 0.25) is 0 Å². The fourth-order valence-corrected chi connectivity index (χ4v) is 2.44. The van der Waals surface area contributed by atoms with E-state index in [0.29, 0.717) is 13.2 Å². The Bertz CT molecular complexity index is 367. The van der Waals surface area contributed by atoms with E-state index >= 15 is 0 Å². The van der Waals surface area contributed by atoms with Crippen LogP contribution in [-0.2, 0) is 20.9 Å². The highest BCUT2D eigenvalue weighted by molar-refractivity contribution is 9.09. The molecule has 4 heteroatoms. The Morgan fingerprint density at radius 3 is 2.58 bits per heavy atom. The van der Waals surface area contributed by atoms with E-state index in [4.69, 9.17) is 9.47 Å². The van der Waals surface area contributed by atoms with Crippen LogP contribution >= 0.6 is 15.9 Å². The van der Waals surface area contributed by atoms with Gasteiger partial charge in [-0.1, -0.05) is 53.2 Å². The Kier molecular flexibility index (Phi) is 7.75. The predicted octanol–water partition coefficient (Wildman–Crippen LogP) is 3.70. The lowest BCUT2D eigenvalue weighted by Crippen LogP contribution is -2.26. The van der Waals surface area contributed by atoms with Crippen molar-refractivity contribution in [3.05, 3.63) is 35.9 Å². The van der Waals surface area contributed by atoms with E-state index in [-0.39, 0.29) is 16.9 Å². The average Bonchev–Trinajstić information content (AvgIpc) is 2.41. The first kappa shape index (κ1) is 16.2. The standard InChI is InChI=1S/C15H21BrO3/c1-3-15(19-12(2)17)14(16)9-10-18-11-13-7-5-4-6-8-13/h4-8,14-15H,3,9-11H2,1-2H3/t14-,15-/m1/s1. The molecule has 0 fully saturated rings. The van der Waals surface area contributed by atoms with Crippen LogP contribution in [0.25, 0.3) is 0 Å². The highest BCUT2D eigenvalue weighted by Crippen LogP contribution is 2.17. The lowest BCUT2D eigenvalue weighted by atomic mass is 10.1. The highest BCUT2D eigenvalue weighted by atomic mass is 79.9. The summed E-state index contributed by atoms with van der Waals surface area (Å²) in [5, 5.41) is 0. The molecule has 19 heavy (non-hydrogen) atoms. The molecular weight excluding hydrogens is 308 g/mol. The van der Waals surface area contributed by atoms with Gasteiger partial charge in [0.05, 0.1) is 11.4 Å². The summed E-state index contributed by atoms with van der Waals surface area (Å²) < 4.78 is 10.9. The number of hydrogen-bond acceptors (Lipinski definition) is 3. The monoisotopic (exact) mass is 328 g/mol. The van der Waals surface area contributed by atoms with Gasteiger partial charge in [-0.2, -0.15) is 0 Å².